The number of hydrogen-bond acceptors (Lipinski definition) is 4. The zero-order valence-corrected chi connectivity index (χ0v) is 20.2. The van der Waals surface area contributed by atoms with Gasteiger partial charge in [-0.2, -0.15) is 0 Å². The lowest BCUT2D eigenvalue weighted by molar-refractivity contribution is -0.111. The Morgan fingerprint density at radius 3 is 2.56 bits per heavy atom. The molecule has 1 aromatic heterocycles. The molecule has 34 heavy (non-hydrogen) atoms. The summed E-state index contributed by atoms with van der Waals surface area (Å²) in [5.74, 6) is 1.24. The Morgan fingerprint density at radius 2 is 1.82 bits per heavy atom. The Balaban J connectivity index is 1.75. The van der Waals surface area contributed by atoms with Crippen molar-refractivity contribution in [2.24, 2.45) is 0 Å². The molecule has 0 saturated heterocycles. The molecule has 5 heteroatoms. The standard InChI is InChI=1S/C29H29NO4/c1-6-33-27-16-28-23(24(17-34-28)21-9-7-8-10-26(21)32-5)15-22(27)19(3)14-29(31)30-25-12-11-18(2)13-20(25)4/h7-17H,6H2,1-5H3,(H,30,31)/b19-14+. The molecular formula is C29H29NO4. The molecule has 0 bridgehead atoms. The molecule has 174 valence electrons. The molecule has 1 heterocycles. The fourth-order valence-corrected chi connectivity index (χ4v) is 4.11. The summed E-state index contributed by atoms with van der Waals surface area (Å²) in [5.41, 5.74) is 7.17. The summed E-state index contributed by atoms with van der Waals surface area (Å²) in [7, 11) is 1.65. The maximum atomic E-state index is 12.8. The van der Waals surface area contributed by atoms with Crippen molar-refractivity contribution in [3.8, 4) is 22.6 Å². The number of amides is 1. The lowest BCUT2D eigenvalue weighted by Gasteiger charge is -2.13. The van der Waals surface area contributed by atoms with Crippen LogP contribution in [0.4, 0.5) is 5.69 Å². The Morgan fingerprint density at radius 1 is 1.03 bits per heavy atom. The van der Waals surface area contributed by atoms with Crippen LogP contribution in [-0.4, -0.2) is 19.6 Å². The maximum absolute atomic E-state index is 12.8. The van der Waals surface area contributed by atoms with Crippen molar-refractivity contribution in [1.82, 2.24) is 0 Å². The molecular weight excluding hydrogens is 426 g/mol. The number of nitrogens with one attached hydrogen (secondary N) is 1. The third-order valence-electron chi connectivity index (χ3n) is 5.78. The summed E-state index contributed by atoms with van der Waals surface area (Å²) in [5, 5.41) is 3.90. The van der Waals surface area contributed by atoms with Crippen molar-refractivity contribution in [3.63, 3.8) is 0 Å². The number of carbonyl (C=O) groups is 1. The van der Waals surface area contributed by atoms with Gasteiger partial charge in [-0.3, -0.25) is 4.79 Å². The Labute approximate surface area is 200 Å². The van der Waals surface area contributed by atoms with Gasteiger partial charge in [0.15, 0.2) is 0 Å². The molecule has 0 unspecified atom stereocenters. The van der Waals surface area contributed by atoms with E-state index in [1.165, 1.54) is 0 Å². The second kappa shape index (κ2) is 9.87. The zero-order valence-electron chi connectivity index (χ0n) is 20.2. The van der Waals surface area contributed by atoms with Crippen molar-refractivity contribution in [2.45, 2.75) is 27.7 Å². The van der Waals surface area contributed by atoms with Crippen LogP contribution in [-0.2, 0) is 4.79 Å². The molecule has 1 amide bonds. The molecule has 0 atom stereocenters. The van der Waals surface area contributed by atoms with Crippen LogP contribution < -0.4 is 14.8 Å². The molecule has 0 spiro atoms. The van der Waals surface area contributed by atoms with Gasteiger partial charge in [0.25, 0.3) is 0 Å². The summed E-state index contributed by atoms with van der Waals surface area (Å²) in [4.78, 5) is 12.8. The van der Waals surface area contributed by atoms with Crippen LogP contribution in [0.25, 0.3) is 27.7 Å². The van der Waals surface area contributed by atoms with Crippen LogP contribution in [0.2, 0.25) is 0 Å². The van der Waals surface area contributed by atoms with E-state index in [9.17, 15) is 4.79 Å². The number of hydrogen-bond donors (Lipinski definition) is 1. The zero-order chi connectivity index (χ0) is 24.2. The Bertz CT molecular complexity index is 1380. The van der Waals surface area contributed by atoms with Crippen LogP contribution in [0.15, 0.2) is 71.4 Å². The van der Waals surface area contributed by atoms with E-state index in [-0.39, 0.29) is 5.91 Å². The van der Waals surface area contributed by atoms with Gasteiger partial charge in [0.05, 0.1) is 20.0 Å². The van der Waals surface area contributed by atoms with Crippen LogP contribution in [0, 0.1) is 13.8 Å². The van der Waals surface area contributed by atoms with Crippen LogP contribution in [0.3, 0.4) is 0 Å². The number of allylic oxidation sites excluding steroid dienone is 1. The number of ether oxygens (including phenoxy) is 2. The second-order valence-electron chi connectivity index (χ2n) is 8.26. The van der Waals surface area contributed by atoms with Crippen molar-refractivity contribution in [2.75, 3.05) is 19.0 Å². The van der Waals surface area contributed by atoms with Crippen molar-refractivity contribution in [3.05, 3.63) is 83.6 Å². The molecule has 4 aromatic rings. The Hall–Kier alpha value is -3.99. The number of rotatable bonds is 7. The van der Waals surface area contributed by atoms with Gasteiger partial charge in [0.2, 0.25) is 5.91 Å². The van der Waals surface area contributed by atoms with Crippen LogP contribution in [0.1, 0.15) is 30.5 Å². The molecule has 1 N–H and O–H groups in total. The number of furan rings is 1. The molecule has 0 aliphatic rings. The van der Waals surface area contributed by atoms with Gasteiger partial charge in [0.1, 0.15) is 17.1 Å². The molecule has 0 fully saturated rings. The molecule has 5 nitrogen and oxygen atoms in total. The third kappa shape index (κ3) is 4.69. The lowest BCUT2D eigenvalue weighted by atomic mass is 9.98. The highest BCUT2D eigenvalue weighted by Crippen LogP contribution is 2.40. The highest BCUT2D eigenvalue weighted by atomic mass is 16.5. The normalized spacial score (nSPS) is 11.5. The second-order valence-corrected chi connectivity index (χ2v) is 8.26. The van der Waals surface area contributed by atoms with Gasteiger partial charge in [0, 0.05) is 39.9 Å². The topological polar surface area (TPSA) is 60.7 Å². The summed E-state index contributed by atoms with van der Waals surface area (Å²) in [6, 6.07) is 17.7. The molecule has 0 saturated carbocycles. The highest BCUT2D eigenvalue weighted by molar-refractivity contribution is 6.05. The first-order valence-corrected chi connectivity index (χ1v) is 11.3. The van der Waals surface area contributed by atoms with Crippen LogP contribution in [0.5, 0.6) is 11.5 Å². The minimum absolute atomic E-state index is 0.191. The number of methoxy groups -OCH3 is 1. The summed E-state index contributed by atoms with van der Waals surface area (Å²) >= 11 is 0. The lowest BCUT2D eigenvalue weighted by Crippen LogP contribution is -2.10. The largest absolute Gasteiger partial charge is 0.496 e. The predicted octanol–water partition coefficient (Wildman–Crippen LogP) is 7.17. The third-order valence-corrected chi connectivity index (χ3v) is 5.78. The molecule has 0 radical (unpaired) electrons. The number of benzene rings is 3. The van der Waals surface area contributed by atoms with E-state index >= 15 is 0 Å². The number of carbonyl (C=O) groups excluding carboxylic acids is 1. The minimum atomic E-state index is -0.191. The average Bonchev–Trinajstić information content (AvgIpc) is 3.23. The first-order chi connectivity index (χ1) is 16.4. The van der Waals surface area contributed by atoms with E-state index in [0.717, 1.165) is 50.2 Å². The SMILES string of the molecule is CCOc1cc2occ(-c3ccccc3OC)c2cc1/C(C)=C/C(=O)Nc1ccc(C)cc1C. The average molecular weight is 456 g/mol. The van der Waals surface area contributed by atoms with Gasteiger partial charge in [-0.05, 0) is 57.0 Å². The molecule has 0 aliphatic heterocycles. The van der Waals surface area contributed by atoms with Gasteiger partial charge in [-0.25, -0.2) is 0 Å². The molecule has 0 aliphatic carbocycles. The van der Waals surface area contributed by atoms with Crippen LogP contribution >= 0.6 is 0 Å². The summed E-state index contributed by atoms with van der Waals surface area (Å²) in [6.07, 6.45) is 3.33. The highest BCUT2D eigenvalue weighted by Gasteiger charge is 2.17. The smallest absolute Gasteiger partial charge is 0.248 e. The number of fused-ring (bicyclic) bond motifs is 1. The van der Waals surface area contributed by atoms with E-state index in [2.05, 4.69) is 5.32 Å². The first-order valence-electron chi connectivity index (χ1n) is 11.3. The van der Waals surface area contributed by atoms with Gasteiger partial charge >= 0.3 is 0 Å². The minimum Gasteiger partial charge on any atom is -0.496 e. The van der Waals surface area contributed by atoms with E-state index in [0.29, 0.717) is 17.9 Å². The van der Waals surface area contributed by atoms with E-state index in [1.807, 2.05) is 82.3 Å². The van der Waals surface area contributed by atoms with Crippen molar-refractivity contribution >= 4 is 28.1 Å². The van der Waals surface area contributed by atoms with Gasteiger partial charge in [-0.1, -0.05) is 35.9 Å². The summed E-state index contributed by atoms with van der Waals surface area (Å²) < 4.78 is 17.3. The van der Waals surface area contributed by atoms with Gasteiger partial charge in [-0.15, -0.1) is 0 Å². The number of aryl methyl sites for hydroxylation is 2. The quantitative estimate of drug-likeness (QED) is 0.300. The first kappa shape index (κ1) is 23.2. The van der Waals surface area contributed by atoms with Crippen molar-refractivity contribution < 1.29 is 18.7 Å². The fraction of sp³-hybridized carbons (Fsp3) is 0.207. The monoisotopic (exact) mass is 455 g/mol. The Kier molecular flexibility index (Phi) is 6.73. The molecule has 3 aromatic carbocycles. The van der Waals surface area contributed by atoms with Crippen molar-refractivity contribution in [1.29, 1.82) is 0 Å². The number of anilines is 1. The molecule has 4 rings (SSSR count). The number of para-hydroxylation sites is 1. The predicted molar refractivity (Wildman–Crippen MR) is 138 cm³/mol. The van der Waals surface area contributed by atoms with E-state index in [1.54, 1.807) is 19.4 Å². The van der Waals surface area contributed by atoms with E-state index < -0.39 is 0 Å². The maximum Gasteiger partial charge on any atom is 0.248 e. The van der Waals surface area contributed by atoms with Gasteiger partial charge < -0.3 is 19.2 Å². The fourth-order valence-electron chi connectivity index (χ4n) is 4.11. The van der Waals surface area contributed by atoms with E-state index in [4.69, 9.17) is 13.9 Å². The summed E-state index contributed by atoms with van der Waals surface area (Å²) in [6.45, 7) is 8.36.